The first-order chi connectivity index (χ1) is 13.8. The second-order valence-corrected chi connectivity index (χ2v) is 10.1. The molecule has 0 unspecified atom stereocenters. The maximum Gasteiger partial charge on any atom is 0.234 e. The minimum absolute atomic E-state index is 0.266. The molecule has 3 heterocycles. The molecule has 1 aliphatic carbocycles. The van der Waals surface area contributed by atoms with Crippen molar-refractivity contribution < 1.29 is 14.3 Å². The van der Waals surface area contributed by atoms with Gasteiger partial charge in [0.05, 0.1) is 5.41 Å². The van der Waals surface area contributed by atoms with Gasteiger partial charge in [-0.3, -0.25) is 4.79 Å². The van der Waals surface area contributed by atoms with E-state index in [1.165, 1.54) is 10.4 Å². The molecule has 148 valence electrons. The minimum Gasteiger partial charge on any atom is -0.454 e. The summed E-state index contributed by atoms with van der Waals surface area (Å²) in [6.07, 6.45) is 5.30. The number of hydrogen-bond donors (Lipinski definition) is 0. The molecule has 28 heavy (non-hydrogen) atoms. The van der Waals surface area contributed by atoms with Crippen molar-refractivity contribution in [2.75, 3.05) is 25.6 Å². The van der Waals surface area contributed by atoms with Crippen LogP contribution in [0, 0.1) is 0 Å². The van der Waals surface area contributed by atoms with E-state index >= 15 is 0 Å². The maximum atomic E-state index is 13.7. The fraction of sp³-hybridized carbons (Fsp3) is 0.500. The van der Waals surface area contributed by atoms with Crippen LogP contribution in [0.3, 0.4) is 0 Å². The van der Waals surface area contributed by atoms with Gasteiger partial charge in [-0.2, -0.15) is 11.8 Å². The van der Waals surface area contributed by atoms with Gasteiger partial charge in [-0.25, -0.2) is 0 Å². The quantitative estimate of drug-likeness (QED) is 0.707. The average molecular weight is 416 g/mol. The Kier molecular flexibility index (Phi) is 5.01. The number of hydrogen-bond acceptors (Lipinski definition) is 5. The molecule has 1 atom stereocenters. The lowest BCUT2D eigenvalue weighted by atomic mass is 9.82. The van der Waals surface area contributed by atoms with Crippen molar-refractivity contribution in [3.05, 3.63) is 46.2 Å². The molecule has 1 aromatic heterocycles. The van der Waals surface area contributed by atoms with E-state index in [-0.39, 0.29) is 5.41 Å². The van der Waals surface area contributed by atoms with E-state index in [2.05, 4.69) is 34.5 Å². The average Bonchev–Trinajstić information content (AvgIpc) is 3.46. The van der Waals surface area contributed by atoms with Crippen molar-refractivity contribution >= 4 is 29.0 Å². The van der Waals surface area contributed by atoms with Gasteiger partial charge >= 0.3 is 0 Å². The second-order valence-electron chi connectivity index (χ2n) is 7.82. The molecular formula is C22H25NO3S2. The molecule has 0 spiro atoms. The Morgan fingerprint density at radius 2 is 1.96 bits per heavy atom. The predicted octanol–water partition coefficient (Wildman–Crippen LogP) is 5.00. The Labute approximate surface area is 174 Å². The second kappa shape index (κ2) is 7.64. The van der Waals surface area contributed by atoms with Crippen LogP contribution in [0.4, 0.5) is 0 Å². The molecule has 3 aliphatic rings. The number of thiophene rings is 1. The first kappa shape index (κ1) is 18.4. The van der Waals surface area contributed by atoms with Crippen molar-refractivity contribution in [1.82, 2.24) is 4.90 Å². The largest absolute Gasteiger partial charge is 0.454 e. The molecule has 0 bridgehead atoms. The van der Waals surface area contributed by atoms with Crippen molar-refractivity contribution in [2.24, 2.45) is 0 Å². The number of ether oxygens (including phenoxy) is 2. The standard InChI is InChI=1S/C22H25NO3S2/c24-21(22(8-1-2-9-22)20-4-3-12-28-20)23-10-7-19(27-13-11-23)16-5-6-17-18(14-16)26-15-25-17/h3-6,12,14,19H,1-2,7-11,13,15H2/t19-/m0/s1. The molecule has 1 aromatic carbocycles. The van der Waals surface area contributed by atoms with E-state index in [0.29, 0.717) is 18.0 Å². The van der Waals surface area contributed by atoms with Gasteiger partial charge in [-0.05, 0) is 48.4 Å². The van der Waals surface area contributed by atoms with Gasteiger partial charge in [0.25, 0.3) is 0 Å². The molecule has 0 N–H and O–H groups in total. The van der Waals surface area contributed by atoms with Gasteiger partial charge in [-0.15, -0.1) is 11.3 Å². The van der Waals surface area contributed by atoms with Crippen molar-refractivity contribution in [1.29, 1.82) is 0 Å². The number of benzene rings is 1. The number of thioether (sulfide) groups is 1. The van der Waals surface area contributed by atoms with Crippen molar-refractivity contribution in [3.63, 3.8) is 0 Å². The highest BCUT2D eigenvalue weighted by Crippen LogP contribution is 2.46. The smallest absolute Gasteiger partial charge is 0.234 e. The van der Waals surface area contributed by atoms with Crippen LogP contribution in [0.1, 0.15) is 47.8 Å². The van der Waals surface area contributed by atoms with Crippen LogP contribution in [0.15, 0.2) is 35.7 Å². The summed E-state index contributed by atoms with van der Waals surface area (Å²) in [5, 5.41) is 2.50. The highest BCUT2D eigenvalue weighted by Gasteiger charge is 2.45. The van der Waals surface area contributed by atoms with Gasteiger partial charge in [0.15, 0.2) is 11.5 Å². The summed E-state index contributed by atoms with van der Waals surface area (Å²) >= 11 is 3.70. The summed E-state index contributed by atoms with van der Waals surface area (Å²) in [6.45, 7) is 1.99. The normalized spacial score (nSPS) is 23.6. The van der Waals surface area contributed by atoms with Gasteiger partial charge in [0, 0.05) is 29.0 Å². The summed E-state index contributed by atoms with van der Waals surface area (Å²) < 4.78 is 11.0. The van der Waals surface area contributed by atoms with E-state index in [0.717, 1.165) is 62.4 Å². The summed E-state index contributed by atoms with van der Waals surface area (Å²) in [5.74, 6) is 3.02. The van der Waals surface area contributed by atoms with Crippen LogP contribution >= 0.6 is 23.1 Å². The number of carbonyl (C=O) groups is 1. The first-order valence-corrected chi connectivity index (χ1v) is 12.0. The Morgan fingerprint density at radius 1 is 1.11 bits per heavy atom. The SMILES string of the molecule is O=C(N1CCS[C@H](c2ccc3c(c2)OCO3)CC1)C1(c2cccs2)CCCC1. The summed E-state index contributed by atoms with van der Waals surface area (Å²) in [5.41, 5.74) is 1.01. The highest BCUT2D eigenvalue weighted by molar-refractivity contribution is 7.99. The maximum absolute atomic E-state index is 13.7. The topological polar surface area (TPSA) is 38.8 Å². The molecule has 0 radical (unpaired) electrons. The van der Waals surface area contributed by atoms with Crippen LogP contribution in [-0.4, -0.2) is 36.4 Å². The fourth-order valence-corrected chi connectivity index (χ4v) is 6.95. The number of fused-ring (bicyclic) bond motifs is 1. The number of nitrogens with zero attached hydrogens (tertiary/aromatic N) is 1. The Morgan fingerprint density at radius 3 is 2.79 bits per heavy atom. The zero-order chi connectivity index (χ0) is 19.0. The molecule has 1 saturated heterocycles. The third kappa shape index (κ3) is 3.20. The van der Waals surface area contributed by atoms with E-state index in [4.69, 9.17) is 9.47 Å². The van der Waals surface area contributed by atoms with E-state index in [1.807, 2.05) is 17.8 Å². The van der Waals surface area contributed by atoms with E-state index in [9.17, 15) is 4.79 Å². The van der Waals surface area contributed by atoms with Crippen LogP contribution in [0.2, 0.25) is 0 Å². The van der Waals surface area contributed by atoms with E-state index < -0.39 is 0 Å². The van der Waals surface area contributed by atoms with Gasteiger partial charge in [0.1, 0.15) is 0 Å². The molecular weight excluding hydrogens is 390 g/mol. The van der Waals surface area contributed by atoms with Gasteiger partial charge < -0.3 is 14.4 Å². The minimum atomic E-state index is -0.266. The van der Waals surface area contributed by atoms with Crippen LogP contribution in [-0.2, 0) is 10.2 Å². The van der Waals surface area contributed by atoms with Gasteiger partial charge in [0.2, 0.25) is 12.7 Å². The highest BCUT2D eigenvalue weighted by atomic mass is 32.2. The summed E-state index contributed by atoms with van der Waals surface area (Å²) in [6, 6.07) is 10.5. The third-order valence-corrected chi connectivity index (χ3v) is 8.66. The van der Waals surface area contributed by atoms with Crippen molar-refractivity contribution in [2.45, 2.75) is 42.8 Å². The molecule has 2 aliphatic heterocycles. The lowest BCUT2D eigenvalue weighted by molar-refractivity contribution is -0.137. The van der Waals surface area contributed by atoms with Gasteiger partial charge in [-0.1, -0.05) is 25.0 Å². The molecule has 2 fully saturated rings. The lowest BCUT2D eigenvalue weighted by Crippen LogP contribution is -2.46. The van der Waals surface area contributed by atoms with E-state index in [1.54, 1.807) is 11.3 Å². The fourth-order valence-electron chi connectivity index (χ4n) is 4.75. The summed E-state index contributed by atoms with van der Waals surface area (Å²) in [7, 11) is 0. The molecule has 6 heteroatoms. The predicted molar refractivity (Wildman–Crippen MR) is 113 cm³/mol. The van der Waals surface area contributed by atoms with Crippen LogP contribution in [0.25, 0.3) is 0 Å². The first-order valence-electron chi connectivity index (χ1n) is 10.1. The lowest BCUT2D eigenvalue weighted by Gasteiger charge is -2.33. The Bertz CT molecular complexity index is 845. The van der Waals surface area contributed by atoms with Crippen molar-refractivity contribution in [3.8, 4) is 11.5 Å². The molecule has 1 amide bonds. The molecule has 4 nitrogen and oxygen atoms in total. The molecule has 1 saturated carbocycles. The Balaban J connectivity index is 1.32. The number of amides is 1. The third-order valence-electron chi connectivity index (χ3n) is 6.26. The molecule has 5 rings (SSSR count). The Hall–Kier alpha value is -1.66. The number of carbonyl (C=O) groups excluding carboxylic acids is 1. The van der Waals surface area contributed by atoms with Crippen LogP contribution in [0.5, 0.6) is 11.5 Å². The van der Waals surface area contributed by atoms with Crippen LogP contribution < -0.4 is 9.47 Å². The zero-order valence-corrected chi connectivity index (χ0v) is 17.5. The zero-order valence-electron chi connectivity index (χ0n) is 15.9. The summed E-state index contributed by atoms with van der Waals surface area (Å²) in [4.78, 5) is 17.1. The monoisotopic (exact) mass is 415 g/mol. The number of rotatable bonds is 3. The molecule has 2 aromatic rings.